The maximum atomic E-state index is 12.6. The Labute approximate surface area is 90.8 Å². The second-order valence-corrected chi connectivity index (χ2v) is 5.58. The van der Waals surface area contributed by atoms with Crippen molar-refractivity contribution in [2.75, 3.05) is 0 Å². The summed E-state index contributed by atoms with van der Waals surface area (Å²) in [6.07, 6.45) is 0. The lowest BCUT2D eigenvalue weighted by Crippen LogP contribution is -1.72. The molecule has 0 spiro atoms. The van der Waals surface area contributed by atoms with Gasteiger partial charge in [0.05, 0.1) is 4.21 Å². The van der Waals surface area contributed by atoms with E-state index in [0.717, 1.165) is 4.90 Å². The first-order valence-corrected chi connectivity index (χ1v) is 5.87. The van der Waals surface area contributed by atoms with Crippen LogP contribution < -0.4 is 0 Å². The first-order valence-electron chi connectivity index (χ1n) is 4.24. The van der Waals surface area contributed by atoms with Gasteiger partial charge in [-0.2, -0.15) is 0 Å². The van der Waals surface area contributed by atoms with Gasteiger partial charge in [-0.25, -0.2) is 4.39 Å². The van der Waals surface area contributed by atoms with E-state index in [4.69, 9.17) is 0 Å². The average molecular weight is 224 g/mol. The van der Waals surface area contributed by atoms with E-state index in [2.05, 4.69) is 19.1 Å². The minimum absolute atomic E-state index is 0.184. The fourth-order valence-electron chi connectivity index (χ4n) is 1.09. The summed E-state index contributed by atoms with van der Waals surface area (Å²) in [5.74, 6) is -0.184. The molecule has 72 valence electrons. The number of benzene rings is 1. The van der Waals surface area contributed by atoms with Crippen LogP contribution in [0.2, 0.25) is 0 Å². The number of aryl methyl sites for hydroxylation is 1. The summed E-state index contributed by atoms with van der Waals surface area (Å²) < 4.78 is 13.9. The van der Waals surface area contributed by atoms with Gasteiger partial charge in [0.2, 0.25) is 0 Å². The van der Waals surface area contributed by atoms with Gasteiger partial charge in [0.15, 0.2) is 0 Å². The smallest absolute Gasteiger partial charge is 0.123 e. The van der Waals surface area contributed by atoms with Crippen molar-refractivity contribution in [1.82, 2.24) is 0 Å². The zero-order valence-corrected chi connectivity index (χ0v) is 9.29. The first kappa shape index (κ1) is 9.74. The standard InChI is InChI=1S/C11H9FS2/c1-8-2-7-11(13-8)14-10-5-3-9(12)4-6-10/h2-7H,1H3. The molecule has 0 atom stereocenters. The third-order valence-corrected chi connectivity index (χ3v) is 3.89. The predicted molar refractivity (Wildman–Crippen MR) is 59.6 cm³/mol. The normalized spacial score (nSPS) is 10.4. The van der Waals surface area contributed by atoms with Crippen LogP contribution >= 0.6 is 23.1 Å². The molecular weight excluding hydrogens is 215 g/mol. The Kier molecular flexibility index (Phi) is 2.89. The van der Waals surface area contributed by atoms with Crippen molar-refractivity contribution >= 4 is 23.1 Å². The van der Waals surface area contributed by atoms with Crippen molar-refractivity contribution in [2.24, 2.45) is 0 Å². The van der Waals surface area contributed by atoms with E-state index in [-0.39, 0.29) is 5.82 Å². The van der Waals surface area contributed by atoms with Crippen LogP contribution in [0, 0.1) is 12.7 Å². The van der Waals surface area contributed by atoms with Crippen molar-refractivity contribution in [1.29, 1.82) is 0 Å². The van der Waals surface area contributed by atoms with Crippen LogP contribution in [0.25, 0.3) is 0 Å². The maximum Gasteiger partial charge on any atom is 0.123 e. The maximum absolute atomic E-state index is 12.6. The van der Waals surface area contributed by atoms with Gasteiger partial charge in [-0.15, -0.1) is 11.3 Å². The van der Waals surface area contributed by atoms with E-state index in [1.54, 1.807) is 35.2 Å². The van der Waals surface area contributed by atoms with Crippen LogP contribution in [0.5, 0.6) is 0 Å². The van der Waals surface area contributed by atoms with Crippen molar-refractivity contribution in [3.8, 4) is 0 Å². The molecule has 0 aliphatic heterocycles. The van der Waals surface area contributed by atoms with Gasteiger partial charge in [-0.1, -0.05) is 11.8 Å². The predicted octanol–water partition coefficient (Wildman–Crippen LogP) is 4.35. The quantitative estimate of drug-likeness (QED) is 0.731. The SMILES string of the molecule is Cc1ccc(Sc2ccc(F)cc2)s1. The Morgan fingerprint density at radius 2 is 1.79 bits per heavy atom. The molecule has 0 unspecified atom stereocenters. The van der Waals surface area contributed by atoms with E-state index in [9.17, 15) is 4.39 Å². The Morgan fingerprint density at radius 1 is 1.07 bits per heavy atom. The fraction of sp³-hybridized carbons (Fsp3) is 0.0909. The van der Waals surface area contributed by atoms with Gasteiger partial charge in [0.25, 0.3) is 0 Å². The molecule has 1 aromatic heterocycles. The van der Waals surface area contributed by atoms with Crippen molar-refractivity contribution in [2.45, 2.75) is 16.0 Å². The molecule has 2 aromatic rings. The molecule has 2 rings (SSSR count). The van der Waals surface area contributed by atoms with Gasteiger partial charge in [-0.05, 0) is 43.3 Å². The monoisotopic (exact) mass is 224 g/mol. The minimum Gasteiger partial charge on any atom is -0.207 e. The number of rotatable bonds is 2. The number of thiophene rings is 1. The summed E-state index contributed by atoms with van der Waals surface area (Å²) in [6, 6.07) is 10.8. The molecule has 3 heteroatoms. The summed E-state index contributed by atoms with van der Waals surface area (Å²) in [7, 11) is 0. The lowest BCUT2D eigenvalue weighted by molar-refractivity contribution is 0.626. The summed E-state index contributed by atoms with van der Waals surface area (Å²) in [4.78, 5) is 2.38. The third-order valence-electron chi connectivity index (χ3n) is 1.75. The Bertz CT molecular complexity index is 417. The Balaban J connectivity index is 2.15. The van der Waals surface area contributed by atoms with Gasteiger partial charge in [0, 0.05) is 9.77 Å². The number of hydrogen-bond acceptors (Lipinski definition) is 2. The van der Waals surface area contributed by atoms with Crippen molar-refractivity contribution in [3.05, 3.63) is 47.1 Å². The summed E-state index contributed by atoms with van der Waals surface area (Å²) >= 11 is 3.42. The van der Waals surface area contributed by atoms with E-state index >= 15 is 0 Å². The first-order chi connectivity index (χ1) is 6.74. The van der Waals surface area contributed by atoms with Crippen LogP contribution in [-0.4, -0.2) is 0 Å². The lowest BCUT2D eigenvalue weighted by atomic mass is 10.4. The second-order valence-electron chi connectivity index (χ2n) is 2.92. The molecule has 14 heavy (non-hydrogen) atoms. The molecule has 0 bridgehead atoms. The second kappa shape index (κ2) is 4.15. The molecule has 0 amide bonds. The summed E-state index contributed by atoms with van der Waals surface area (Å²) in [5.41, 5.74) is 0. The molecule has 0 aliphatic carbocycles. The van der Waals surface area contributed by atoms with Gasteiger partial charge in [0.1, 0.15) is 5.82 Å². The van der Waals surface area contributed by atoms with Crippen LogP contribution in [0.1, 0.15) is 4.88 Å². The number of hydrogen-bond donors (Lipinski definition) is 0. The summed E-state index contributed by atoms with van der Waals surface area (Å²) in [5, 5.41) is 0. The highest BCUT2D eigenvalue weighted by molar-refractivity contribution is 8.01. The molecule has 0 saturated carbocycles. The van der Waals surface area contributed by atoms with E-state index in [0.29, 0.717) is 0 Å². The molecule has 0 fully saturated rings. The van der Waals surface area contributed by atoms with Crippen molar-refractivity contribution < 1.29 is 4.39 Å². The minimum atomic E-state index is -0.184. The molecule has 0 nitrogen and oxygen atoms in total. The topological polar surface area (TPSA) is 0 Å². The highest BCUT2D eigenvalue weighted by Gasteiger charge is 1.99. The molecule has 0 saturated heterocycles. The Morgan fingerprint density at radius 3 is 2.36 bits per heavy atom. The zero-order valence-electron chi connectivity index (χ0n) is 7.66. The van der Waals surface area contributed by atoms with E-state index in [1.807, 2.05) is 0 Å². The zero-order chi connectivity index (χ0) is 9.97. The highest BCUT2D eigenvalue weighted by Crippen LogP contribution is 2.32. The van der Waals surface area contributed by atoms with Crippen LogP contribution in [0.4, 0.5) is 4.39 Å². The van der Waals surface area contributed by atoms with Gasteiger partial charge >= 0.3 is 0 Å². The van der Waals surface area contributed by atoms with Crippen molar-refractivity contribution in [3.63, 3.8) is 0 Å². The molecule has 0 N–H and O–H groups in total. The molecule has 1 heterocycles. The van der Waals surface area contributed by atoms with Crippen LogP contribution in [0.3, 0.4) is 0 Å². The molecule has 0 aliphatic rings. The lowest BCUT2D eigenvalue weighted by Gasteiger charge is -1.97. The summed E-state index contributed by atoms with van der Waals surface area (Å²) in [6.45, 7) is 2.08. The molecular formula is C11H9FS2. The van der Waals surface area contributed by atoms with Gasteiger partial charge < -0.3 is 0 Å². The largest absolute Gasteiger partial charge is 0.207 e. The van der Waals surface area contributed by atoms with E-state index in [1.165, 1.54) is 21.2 Å². The highest BCUT2D eigenvalue weighted by atomic mass is 32.2. The Hall–Kier alpha value is -0.800. The molecule has 0 radical (unpaired) electrons. The fourth-order valence-corrected chi connectivity index (χ4v) is 3.17. The van der Waals surface area contributed by atoms with E-state index < -0.39 is 0 Å². The third kappa shape index (κ3) is 2.36. The number of halogens is 1. The molecule has 1 aromatic carbocycles. The van der Waals surface area contributed by atoms with Crippen LogP contribution in [0.15, 0.2) is 45.5 Å². The average Bonchev–Trinajstić information content (AvgIpc) is 2.56. The van der Waals surface area contributed by atoms with Crippen LogP contribution in [-0.2, 0) is 0 Å². The van der Waals surface area contributed by atoms with Gasteiger partial charge in [-0.3, -0.25) is 0 Å².